The number of halogens is 1. The average molecular weight is 239 g/mol. The summed E-state index contributed by atoms with van der Waals surface area (Å²) in [6.45, 7) is 0.201. The Morgan fingerprint density at radius 3 is 2.82 bits per heavy atom. The third-order valence-electron chi connectivity index (χ3n) is 3.29. The van der Waals surface area contributed by atoms with Crippen LogP contribution in [0.4, 0.5) is 4.39 Å². The lowest BCUT2D eigenvalue weighted by Crippen LogP contribution is -2.16. The molecule has 0 bridgehead atoms. The van der Waals surface area contributed by atoms with Crippen LogP contribution in [0.25, 0.3) is 0 Å². The molecule has 1 N–H and O–H groups in total. The molecule has 4 heteroatoms. The first-order chi connectivity index (χ1) is 8.31. The van der Waals surface area contributed by atoms with Gasteiger partial charge in [0.05, 0.1) is 13.2 Å². The van der Waals surface area contributed by atoms with Gasteiger partial charge in [0.25, 0.3) is 5.88 Å². The zero-order valence-electron chi connectivity index (χ0n) is 9.86. The van der Waals surface area contributed by atoms with Crippen molar-refractivity contribution in [2.45, 2.75) is 38.7 Å². The van der Waals surface area contributed by atoms with Crippen LogP contribution in [-0.4, -0.2) is 16.7 Å². The van der Waals surface area contributed by atoms with Gasteiger partial charge >= 0.3 is 0 Å². The van der Waals surface area contributed by atoms with Gasteiger partial charge in [-0.3, -0.25) is 0 Å². The molecule has 1 fully saturated rings. The minimum atomic E-state index is -0.536. The number of aliphatic hydroxyl groups is 1. The Kier molecular flexibility index (Phi) is 4.31. The second-order valence-corrected chi connectivity index (χ2v) is 4.56. The van der Waals surface area contributed by atoms with E-state index in [1.54, 1.807) is 0 Å². The number of hydrogen-bond acceptors (Lipinski definition) is 3. The Balaban J connectivity index is 1.93. The zero-order valence-corrected chi connectivity index (χ0v) is 9.86. The number of rotatable bonds is 4. The highest BCUT2D eigenvalue weighted by Crippen LogP contribution is 2.25. The van der Waals surface area contributed by atoms with Gasteiger partial charge in [0.1, 0.15) is 0 Å². The smallest absolute Gasteiger partial charge is 0.250 e. The molecule has 1 aromatic heterocycles. The Labute approximate surface area is 101 Å². The van der Waals surface area contributed by atoms with Crippen molar-refractivity contribution in [3.8, 4) is 5.88 Å². The summed E-state index contributed by atoms with van der Waals surface area (Å²) < 4.78 is 19.1. The van der Waals surface area contributed by atoms with E-state index in [1.165, 1.54) is 31.5 Å². The molecular formula is C13H18FNO2. The molecule has 1 saturated carbocycles. The summed E-state index contributed by atoms with van der Waals surface area (Å²) in [6, 6.07) is 1.46. The molecule has 0 amide bonds. The summed E-state index contributed by atoms with van der Waals surface area (Å²) in [5, 5.41) is 8.94. The minimum Gasteiger partial charge on any atom is -0.475 e. The molecule has 0 aliphatic heterocycles. The molecule has 0 unspecified atom stereocenters. The van der Waals surface area contributed by atoms with Crippen LogP contribution in [0, 0.1) is 11.7 Å². The van der Waals surface area contributed by atoms with E-state index in [4.69, 9.17) is 9.84 Å². The van der Waals surface area contributed by atoms with Crippen LogP contribution in [0.2, 0.25) is 0 Å². The predicted molar refractivity (Wildman–Crippen MR) is 62.2 cm³/mol. The lowest BCUT2D eigenvalue weighted by molar-refractivity contribution is 0.193. The van der Waals surface area contributed by atoms with Gasteiger partial charge in [0, 0.05) is 11.8 Å². The quantitative estimate of drug-likeness (QED) is 0.878. The topological polar surface area (TPSA) is 42.4 Å². The first-order valence-corrected chi connectivity index (χ1v) is 6.18. The fourth-order valence-corrected chi connectivity index (χ4v) is 2.24. The highest BCUT2D eigenvalue weighted by molar-refractivity contribution is 5.22. The second kappa shape index (κ2) is 5.96. The van der Waals surface area contributed by atoms with Crippen LogP contribution < -0.4 is 4.74 Å². The van der Waals surface area contributed by atoms with Crippen molar-refractivity contribution in [1.82, 2.24) is 4.98 Å². The van der Waals surface area contributed by atoms with Crippen LogP contribution in [0.1, 0.15) is 37.7 Å². The molecule has 2 rings (SSSR count). The van der Waals surface area contributed by atoms with Crippen molar-refractivity contribution in [2.75, 3.05) is 6.61 Å². The summed E-state index contributed by atoms with van der Waals surface area (Å²) in [7, 11) is 0. The second-order valence-electron chi connectivity index (χ2n) is 4.56. The molecule has 94 valence electrons. The van der Waals surface area contributed by atoms with Gasteiger partial charge in [-0.25, -0.2) is 9.37 Å². The van der Waals surface area contributed by atoms with E-state index in [-0.39, 0.29) is 18.1 Å². The van der Waals surface area contributed by atoms with Gasteiger partial charge in [-0.1, -0.05) is 19.3 Å². The van der Waals surface area contributed by atoms with Gasteiger partial charge < -0.3 is 9.84 Å². The van der Waals surface area contributed by atoms with Crippen LogP contribution in [0.3, 0.4) is 0 Å². The third-order valence-corrected chi connectivity index (χ3v) is 3.29. The average Bonchev–Trinajstić information content (AvgIpc) is 2.39. The highest BCUT2D eigenvalue weighted by atomic mass is 19.1. The van der Waals surface area contributed by atoms with Crippen molar-refractivity contribution in [2.24, 2.45) is 5.92 Å². The van der Waals surface area contributed by atoms with E-state index < -0.39 is 5.82 Å². The van der Waals surface area contributed by atoms with E-state index >= 15 is 0 Å². The van der Waals surface area contributed by atoms with Gasteiger partial charge in [-0.2, -0.15) is 0 Å². The molecule has 17 heavy (non-hydrogen) atoms. The molecule has 3 nitrogen and oxygen atoms in total. The zero-order chi connectivity index (χ0) is 12.1. The molecule has 0 radical (unpaired) electrons. The molecular weight excluding hydrogens is 221 g/mol. The largest absolute Gasteiger partial charge is 0.475 e. The normalized spacial score (nSPS) is 17.1. The van der Waals surface area contributed by atoms with E-state index in [9.17, 15) is 4.39 Å². The molecule has 0 aromatic carbocycles. The van der Waals surface area contributed by atoms with Crippen molar-refractivity contribution >= 4 is 0 Å². The maximum Gasteiger partial charge on any atom is 0.250 e. The van der Waals surface area contributed by atoms with Gasteiger partial charge in [-0.05, 0) is 24.8 Å². The van der Waals surface area contributed by atoms with Gasteiger partial charge in [-0.15, -0.1) is 0 Å². The van der Waals surface area contributed by atoms with Crippen LogP contribution >= 0.6 is 0 Å². The maximum atomic E-state index is 13.7. The summed E-state index contributed by atoms with van der Waals surface area (Å²) in [4.78, 5) is 3.86. The van der Waals surface area contributed by atoms with E-state index in [2.05, 4.69) is 4.98 Å². The summed E-state index contributed by atoms with van der Waals surface area (Å²) in [6.07, 6.45) is 7.54. The molecule has 0 saturated heterocycles. The Morgan fingerprint density at radius 1 is 1.35 bits per heavy atom. The van der Waals surface area contributed by atoms with Crippen LogP contribution in [0.5, 0.6) is 5.88 Å². The van der Waals surface area contributed by atoms with Crippen molar-refractivity contribution in [3.63, 3.8) is 0 Å². The first kappa shape index (κ1) is 12.3. The summed E-state index contributed by atoms with van der Waals surface area (Å²) in [5.74, 6) is -0.00401. The van der Waals surface area contributed by atoms with Gasteiger partial charge in [0.2, 0.25) is 0 Å². The lowest BCUT2D eigenvalue weighted by Gasteiger charge is -2.21. The molecule has 1 aliphatic carbocycles. The van der Waals surface area contributed by atoms with Crippen molar-refractivity contribution in [3.05, 3.63) is 23.6 Å². The number of ether oxygens (including phenoxy) is 1. The number of nitrogens with zero attached hydrogens (tertiary/aromatic N) is 1. The van der Waals surface area contributed by atoms with Crippen molar-refractivity contribution < 1.29 is 14.2 Å². The monoisotopic (exact) mass is 239 g/mol. The molecule has 0 spiro atoms. The molecule has 0 atom stereocenters. The third kappa shape index (κ3) is 3.16. The Bertz CT molecular complexity index is 364. The van der Waals surface area contributed by atoms with E-state index in [0.717, 1.165) is 12.8 Å². The van der Waals surface area contributed by atoms with Crippen LogP contribution in [0.15, 0.2) is 12.3 Å². The lowest BCUT2D eigenvalue weighted by atomic mass is 9.90. The number of hydrogen-bond donors (Lipinski definition) is 1. The van der Waals surface area contributed by atoms with Crippen LogP contribution in [-0.2, 0) is 6.61 Å². The SMILES string of the molecule is OCc1ccnc(OCC2CCCCC2)c1F. The molecule has 1 aromatic rings. The van der Waals surface area contributed by atoms with Crippen molar-refractivity contribution in [1.29, 1.82) is 0 Å². The summed E-state index contributed by atoms with van der Waals surface area (Å²) >= 11 is 0. The van der Waals surface area contributed by atoms with Gasteiger partial charge in [0.15, 0.2) is 5.82 Å². The maximum absolute atomic E-state index is 13.7. The Hall–Kier alpha value is -1.16. The fourth-order valence-electron chi connectivity index (χ4n) is 2.24. The fraction of sp³-hybridized carbons (Fsp3) is 0.615. The predicted octanol–water partition coefficient (Wildman–Crippen LogP) is 2.67. The van der Waals surface area contributed by atoms with E-state index in [1.807, 2.05) is 0 Å². The van der Waals surface area contributed by atoms with E-state index in [0.29, 0.717) is 12.5 Å². The number of aliphatic hydroxyl groups excluding tert-OH is 1. The Morgan fingerprint density at radius 2 is 2.12 bits per heavy atom. The number of aromatic nitrogens is 1. The summed E-state index contributed by atoms with van der Waals surface area (Å²) in [5.41, 5.74) is 0.235. The first-order valence-electron chi connectivity index (χ1n) is 6.18. The number of pyridine rings is 1. The minimum absolute atomic E-state index is 0.0159. The highest BCUT2D eigenvalue weighted by Gasteiger charge is 2.16. The molecule has 1 heterocycles. The standard InChI is InChI=1S/C13H18FNO2/c14-12-11(8-16)6-7-15-13(12)17-9-10-4-2-1-3-5-10/h6-7,10,16H,1-5,8-9H2. The molecule has 1 aliphatic rings.